The molecule has 4 rings (SSSR count). The number of rotatable bonds is 26. The summed E-state index contributed by atoms with van der Waals surface area (Å²) < 4.78 is 56.7. The second kappa shape index (κ2) is 29.4. The molecule has 4 bridgehead atoms. The van der Waals surface area contributed by atoms with E-state index in [4.69, 9.17) is 64.7 Å². The number of alkyl carbamates (subject to hydrolysis) is 1. The maximum atomic E-state index is 14.2. The number of nitrogens with one attached hydrogen (secondary N) is 2. The summed E-state index contributed by atoms with van der Waals surface area (Å²) in [6, 6.07) is 2.73. The summed E-state index contributed by atoms with van der Waals surface area (Å²) >= 11 is 6.81. The summed E-state index contributed by atoms with van der Waals surface area (Å²) in [7, 11) is 4.52. The lowest BCUT2D eigenvalue weighted by molar-refractivity contribution is -0.162. The first-order valence-electron chi connectivity index (χ1n) is 24.1. The van der Waals surface area contributed by atoms with Gasteiger partial charge in [-0.3, -0.25) is 19.7 Å². The van der Waals surface area contributed by atoms with E-state index in [9.17, 15) is 29.1 Å². The van der Waals surface area contributed by atoms with E-state index >= 15 is 0 Å². The van der Waals surface area contributed by atoms with Crippen molar-refractivity contribution in [2.24, 2.45) is 11.7 Å². The van der Waals surface area contributed by atoms with Crippen LogP contribution in [0.3, 0.4) is 0 Å². The molecule has 4 amide bonds. The second-order valence-corrected chi connectivity index (χ2v) is 18.4. The Bertz CT molecular complexity index is 1980. The highest BCUT2D eigenvalue weighted by molar-refractivity contribution is 6.34. The van der Waals surface area contributed by atoms with Crippen LogP contribution in [-0.4, -0.2) is 195 Å². The Labute approximate surface area is 422 Å². The van der Waals surface area contributed by atoms with Crippen molar-refractivity contribution < 1.29 is 76.4 Å². The summed E-state index contributed by atoms with van der Waals surface area (Å²) in [6.07, 6.45) is 0.900. The molecule has 1 aromatic rings. The van der Waals surface area contributed by atoms with E-state index in [0.717, 1.165) is 16.7 Å². The zero-order chi connectivity index (χ0) is 52.1. The number of halogens is 1. The van der Waals surface area contributed by atoms with Crippen molar-refractivity contribution >= 4 is 47.1 Å². The van der Waals surface area contributed by atoms with Crippen LogP contribution >= 0.6 is 11.6 Å². The van der Waals surface area contributed by atoms with Crippen LogP contribution in [0.4, 0.5) is 10.5 Å². The van der Waals surface area contributed by atoms with Crippen LogP contribution in [0.5, 0.6) is 0 Å². The smallest absolute Gasteiger partial charge is 0.409 e. The topological polar surface area (TPSA) is 258 Å². The van der Waals surface area contributed by atoms with E-state index in [1.807, 2.05) is 32.1 Å². The minimum Gasteiger partial charge on any atom is -0.457 e. The Hall–Kier alpha value is -4.26. The second-order valence-electron chi connectivity index (χ2n) is 18.0. The number of aryl methyl sites for hydroxylation is 1. The van der Waals surface area contributed by atoms with Gasteiger partial charge in [0.05, 0.1) is 115 Å². The molecular weight excluding hydrogens is 950 g/mol. The van der Waals surface area contributed by atoms with E-state index < -0.39 is 65.7 Å². The van der Waals surface area contributed by atoms with E-state index in [-0.39, 0.29) is 57.4 Å². The van der Waals surface area contributed by atoms with Gasteiger partial charge in [-0.2, -0.15) is 0 Å². The van der Waals surface area contributed by atoms with Crippen molar-refractivity contribution in [2.75, 3.05) is 118 Å². The summed E-state index contributed by atoms with van der Waals surface area (Å²) in [6.45, 7) is 13.3. The van der Waals surface area contributed by atoms with Gasteiger partial charge in [-0.15, -0.1) is 0 Å². The molecule has 0 saturated carbocycles. The molecule has 1 aromatic carbocycles. The molecule has 2 saturated heterocycles. The third-order valence-corrected chi connectivity index (χ3v) is 13.1. The molecule has 21 nitrogen and oxygen atoms in total. The lowest BCUT2D eigenvalue weighted by atomic mass is 9.83. The van der Waals surface area contributed by atoms with Crippen molar-refractivity contribution in [2.45, 2.75) is 102 Å². The molecule has 71 heavy (non-hydrogen) atoms. The first-order valence-corrected chi connectivity index (χ1v) is 24.4. The van der Waals surface area contributed by atoms with Crippen LogP contribution in [0.15, 0.2) is 35.9 Å². The van der Waals surface area contributed by atoms with Gasteiger partial charge in [0.1, 0.15) is 30.0 Å². The highest BCUT2D eigenvalue weighted by Crippen LogP contribution is 2.49. The van der Waals surface area contributed by atoms with Crippen LogP contribution in [0, 0.1) is 12.8 Å². The molecule has 0 aliphatic carbocycles. The van der Waals surface area contributed by atoms with E-state index in [0.29, 0.717) is 83.1 Å². The number of nitrogens with two attached hydrogens (primary N) is 1. The average Bonchev–Trinajstić information content (AvgIpc) is 4.04. The Morgan fingerprint density at radius 3 is 2.13 bits per heavy atom. The van der Waals surface area contributed by atoms with Crippen LogP contribution in [0.1, 0.15) is 58.1 Å². The molecule has 0 radical (unpaired) electrons. The van der Waals surface area contributed by atoms with Crippen molar-refractivity contribution in [3.63, 3.8) is 0 Å². The van der Waals surface area contributed by atoms with Crippen molar-refractivity contribution in [1.29, 1.82) is 0 Å². The summed E-state index contributed by atoms with van der Waals surface area (Å²) in [4.78, 5) is 68.1. The number of methoxy groups -OCH3 is 1. The number of esters is 1. The lowest BCUT2D eigenvalue weighted by Crippen LogP contribution is -2.63. The van der Waals surface area contributed by atoms with Gasteiger partial charge in [-0.25, -0.2) is 9.59 Å². The predicted octanol–water partition coefficient (Wildman–Crippen LogP) is 2.38. The summed E-state index contributed by atoms with van der Waals surface area (Å²) in [5, 5.41) is 17.3. The van der Waals surface area contributed by atoms with E-state index in [1.54, 1.807) is 33.0 Å². The molecule has 0 spiro atoms. The van der Waals surface area contributed by atoms with Gasteiger partial charge in [0, 0.05) is 40.1 Å². The Kier molecular flexibility index (Phi) is 24.6. The first kappa shape index (κ1) is 59.3. The number of amides is 4. The third kappa shape index (κ3) is 18.3. The zero-order valence-corrected chi connectivity index (χ0v) is 43.3. The number of ether oxygens (including phenoxy) is 10. The zero-order valence-electron chi connectivity index (χ0n) is 42.5. The number of likely N-dealkylation sites (N-methyl/N-ethyl adjacent to an activating group) is 1. The van der Waals surface area contributed by atoms with Gasteiger partial charge in [0.15, 0.2) is 5.72 Å². The molecule has 0 aromatic heterocycles. The molecule has 1 unspecified atom stereocenters. The van der Waals surface area contributed by atoms with Gasteiger partial charge in [0.2, 0.25) is 17.7 Å². The SMILES string of the molecule is CO[C@@H]1/C=C/C=C(\C)Cc2cc(C)c(Cl)c(c2)N(C)C(=O)C[C@H](OC(=O)[C@H](C)N(C)C(=O)CCOCCOCCOCCOCCOCCOCCNC(=O)CN)[C@]2(C)OC2[C@H](C)[C@@H]2C[C@]1(O)NC(=O)O2. The van der Waals surface area contributed by atoms with Crippen LogP contribution in [0.2, 0.25) is 5.02 Å². The van der Waals surface area contributed by atoms with Gasteiger partial charge >= 0.3 is 12.1 Å². The molecule has 3 aliphatic heterocycles. The average molecular weight is 1030 g/mol. The number of anilines is 1. The van der Waals surface area contributed by atoms with Crippen LogP contribution < -0.4 is 21.3 Å². The minimum absolute atomic E-state index is 0.0186. The fraction of sp³-hybridized carbons (Fsp3) is 0.694. The molecule has 400 valence electrons. The normalized spacial score (nSPS) is 26.3. The Balaban J connectivity index is 1.25. The molecule has 2 fully saturated rings. The minimum atomic E-state index is -1.84. The van der Waals surface area contributed by atoms with Crippen LogP contribution in [-0.2, 0) is 73.0 Å². The molecule has 3 aliphatic rings. The Morgan fingerprint density at radius 1 is 0.972 bits per heavy atom. The number of carbonyl (C=O) groups is 5. The highest BCUT2D eigenvalue weighted by atomic mass is 35.5. The van der Waals surface area contributed by atoms with Crippen LogP contribution in [0.25, 0.3) is 0 Å². The Morgan fingerprint density at radius 2 is 1.55 bits per heavy atom. The van der Waals surface area contributed by atoms with Gasteiger partial charge in [-0.1, -0.05) is 48.4 Å². The van der Waals surface area contributed by atoms with Gasteiger partial charge in [-0.05, 0) is 51.3 Å². The standard InChI is InChI=1S/C49H76ClN5O16/c1-32-10-9-11-39(62-8)49(61)30-38(69-47(60)53-49)34(3)45-48(5,71-45)40(29-43(58)55(7)37-28-36(26-32)27-33(2)44(37)50)70-46(59)35(4)54(6)42(57)12-14-63-16-18-65-20-22-67-24-25-68-23-21-66-19-17-64-15-13-52-41(56)31-51/h9-11,27-28,34-35,38-40,45,61H,12-26,29-31,51H2,1-8H3,(H,52,56)(H,53,60)/b11-9+,32-10+/t34-,35+,38+,39-,40+,45?,48+,49-/m1/s1. The molecule has 3 heterocycles. The number of nitrogens with zero attached hydrogens (tertiary/aromatic N) is 2. The van der Waals surface area contributed by atoms with Crippen molar-refractivity contribution in [1.82, 2.24) is 15.5 Å². The van der Waals surface area contributed by atoms with Gasteiger partial charge < -0.3 is 73.3 Å². The molecule has 22 heteroatoms. The maximum Gasteiger partial charge on any atom is 0.409 e. The highest BCUT2D eigenvalue weighted by Gasteiger charge is 2.64. The van der Waals surface area contributed by atoms with Crippen molar-refractivity contribution in [3.8, 4) is 0 Å². The predicted molar refractivity (Wildman–Crippen MR) is 261 cm³/mol. The number of hydrogen-bond acceptors (Lipinski definition) is 17. The fourth-order valence-corrected chi connectivity index (χ4v) is 8.36. The van der Waals surface area contributed by atoms with Gasteiger partial charge in [0.25, 0.3) is 0 Å². The number of benzene rings is 1. The lowest BCUT2D eigenvalue weighted by Gasteiger charge is -2.42. The third-order valence-electron chi connectivity index (χ3n) is 12.6. The monoisotopic (exact) mass is 1030 g/mol. The maximum absolute atomic E-state index is 14.2. The first-order chi connectivity index (χ1) is 33.8. The molecular formula is C49H76ClN5O16. The molecule has 5 N–H and O–H groups in total. The van der Waals surface area contributed by atoms with E-state index in [2.05, 4.69) is 10.6 Å². The fourth-order valence-electron chi connectivity index (χ4n) is 8.13. The number of fused-ring (bicyclic) bond motifs is 5. The summed E-state index contributed by atoms with van der Waals surface area (Å²) in [5.41, 5.74) is 5.21. The number of allylic oxidation sites excluding steroid dienone is 3. The largest absolute Gasteiger partial charge is 0.457 e. The van der Waals surface area contributed by atoms with Crippen molar-refractivity contribution in [3.05, 3.63) is 52.1 Å². The number of hydrogen-bond donors (Lipinski definition) is 4. The molecule has 8 atom stereocenters. The number of carbonyl (C=O) groups excluding carboxylic acids is 5. The number of aliphatic hydroxyl groups is 1. The quantitative estimate of drug-likeness (QED) is 0.0590. The van der Waals surface area contributed by atoms with E-state index in [1.165, 1.54) is 30.9 Å². The summed E-state index contributed by atoms with van der Waals surface area (Å²) in [5.74, 6) is -2.33. The number of epoxide rings is 1.